The van der Waals surface area contributed by atoms with Gasteiger partial charge in [0.25, 0.3) is 5.91 Å². The molecule has 1 aromatic carbocycles. The van der Waals surface area contributed by atoms with E-state index in [0.717, 1.165) is 24.5 Å². The van der Waals surface area contributed by atoms with Crippen molar-refractivity contribution in [2.75, 3.05) is 38.2 Å². The van der Waals surface area contributed by atoms with Crippen LogP contribution in [-0.2, 0) is 4.79 Å². The van der Waals surface area contributed by atoms with E-state index in [2.05, 4.69) is 19.2 Å². The Hall–Kier alpha value is -1.75. The fourth-order valence-corrected chi connectivity index (χ4v) is 3.62. The molecule has 2 N–H and O–H groups in total. The lowest BCUT2D eigenvalue weighted by atomic mass is 9.92. The number of benzene rings is 1. The van der Waals surface area contributed by atoms with Crippen LogP contribution in [0.15, 0.2) is 18.2 Å². The van der Waals surface area contributed by atoms with Crippen LogP contribution in [0.25, 0.3) is 0 Å². The minimum atomic E-state index is 0.0629. The largest absolute Gasteiger partial charge is 0.486 e. The summed E-state index contributed by atoms with van der Waals surface area (Å²) in [6.45, 7) is 8.37. The first-order valence-corrected chi connectivity index (χ1v) is 8.13. The van der Waals surface area contributed by atoms with Crippen LogP contribution in [0, 0.1) is 11.8 Å². The van der Waals surface area contributed by atoms with Crippen molar-refractivity contribution in [2.45, 2.75) is 20.3 Å². The molecular formula is C17H25N2O3+. The van der Waals surface area contributed by atoms with Crippen LogP contribution in [0.5, 0.6) is 11.5 Å². The molecule has 3 rings (SSSR count). The van der Waals surface area contributed by atoms with E-state index >= 15 is 0 Å². The van der Waals surface area contributed by atoms with Gasteiger partial charge in [-0.25, -0.2) is 0 Å². The first-order chi connectivity index (χ1) is 10.6. The van der Waals surface area contributed by atoms with Crippen molar-refractivity contribution in [2.24, 2.45) is 11.8 Å². The maximum Gasteiger partial charge on any atom is 0.279 e. The molecule has 2 aliphatic rings. The van der Waals surface area contributed by atoms with Gasteiger partial charge in [0.15, 0.2) is 18.0 Å². The van der Waals surface area contributed by atoms with Crippen molar-refractivity contribution in [1.82, 2.24) is 0 Å². The van der Waals surface area contributed by atoms with Gasteiger partial charge < -0.3 is 19.7 Å². The number of ether oxygens (including phenoxy) is 2. The molecule has 0 bridgehead atoms. The van der Waals surface area contributed by atoms with E-state index < -0.39 is 0 Å². The van der Waals surface area contributed by atoms with Crippen LogP contribution in [-0.4, -0.2) is 38.8 Å². The molecule has 2 aliphatic heterocycles. The van der Waals surface area contributed by atoms with E-state index in [1.807, 2.05) is 18.2 Å². The van der Waals surface area contributed by atoms with Gasteiger partial charge in [-0.1, -0.05) is 13.8 Å². The normalized spacial score (nSPS) is 27.3. The zero-order chi connectivity index (χ0) is 15.5. The fraction of sp³-hybridized carbons (Fsp3) is 0.588. The number of hydrogen-bond donors (Lipinski definition) is 2. The van der Waals surface area contributed by atoms with Crippen LogP contribution >= 0.6 is 0 Å². The summed E-state index contributed by atoms with van der Waals surface area (Å²) in [4.78, 5) is 13.6. The van der Waals surface area contributed by atoms with Crippen LogP contribution in [0.3, 0.4) is 0 Å². The molecule has 1 unspecified atom stereocenters. The Morgan fingerprint density at radius 1 is 1.18 bits per heavy atom. The maximum atomic E-state index is 12.3. The Kier molecular flexibility index (Phi) is 4.52. The first kappa shape index (κ1) is 15.2. The second-order valence-electron chi connectivity index (χ2n) is 6.69. The highest BCUT2D eigenvalue weighted by atomic mass is 16.6. The lowest BCUT2D eigenvalue weighted by molar-refractivity contribution is -0.904. The summed E-state index contributed by atoms with van der Waals surface area (Å²) in [5.41, 5.74) is 0.770. The average Bonchev–Trinajstić information content (AvgIpc) is 2.45. The zero-order valence-corrected chi connectivity index (χ0v) is 13.4. The van der Waals surface area contributed by atoms with Gasteiger partial charge >= 0.3 is 0 Å². The number of carbonyl (C=O) groups excluding carboxylic acids is 1. The summed E-state index contributed by atoms with van der Waals surface area (Å²) < 4.78 is 11.0. The molecule has 1 fully saturated rings. The van der Waals surface area contributed by atoms with Gasteiger partial charge in [-0.05, 0) is 18.6 Å². The molecule has 5 heteroatoms. The number of anilines is 1. The summed E-state index contributed by atoms with van der Waals surface area (Å²) in [6, 6.07) is 5.55. The molecular weight excluding hydrogens is 280 g/mol. The van der Waals surface area contributed by atoms with Crippen LogP contribution in [0.2, 0.25) is 0 Å². The van der Waals surface area contributed by atoms with Crippen molar-refractivity contribution in [3.63, 3.8) is 0 Å². The Morgan fingerprint density at radius 3 is 2.59 bits per heavy atom. The van der Waals surface area contributed by atoms with Gasteiger partial charge in [0.2, 0.25) is 0 Å². The molecule has 1 saturated heterocycles. The monoisotopic (exact) mass is 305 g/mol. The molecule has 0 saturated carbocycles. The smallest absolute Gasteiger partial charge is 0.279 e. The number of fused-ring (bicyclic) bond motifs is 1. The molecule has 2 heterocycles. The van der Waals surface area contributed by atoms with Gasteiger partial charge in [-0.3, -0.25) is 4.79 Å². The van der Waals surface area contributed by atoms with Gasteiger partial charge in [0.05, 0.1) is 13.1 Å². The molecule has 5 nitrogen and oxygen atoms in total. The quantitative estimate of drug-likeness (QED) is 0.874. The maximum absolute atomic E-state index is 12.3. The number of hydrogen-bond acceptors (Lipinski definition) is 3. The third kappa shape index (κ3) is 3.71. The van der Waals surface area contributed by atoms with Crippen molar-refractivity contribution in [3.8, 4) is 11.5 Å². The number of quaternary nitrogens is 1. The highest BCUT2D eigenvalue weighted by Crippen LogP contribution is 2.32. The molecule has 0 spiro atoms. The van der Waals surface area contributed by atoms with Crippen LogP contribution in [0.1, 0.15) is 20.3 Å². The molecule has 0 aromatic heterocycles. The van der Waals surface area contributed by atoms with Crippen molar-refractivity contribution >= 4 is 11.6 Å². The highest BCUT2D eigenvalue weighted by molar-refractivity contribution is 5.91. The molecule has 1 amide bonds. The van der Waals surface area contributed by atoms with E-state index in [1.165, 1.54) is 11.3 Å². The summed E-state index contributed by atoms with van der Waals surface area (Å²) in [7, 11) is 0. The third-order valence-electron chi connectivity index (χ3n) is 4.32. The Bertz CT molecular complexity index is 537. The van der Waals surface area contributed by atoms with Gasteiger partial charge in [-0.2, -0.15) is 0 Å². The Balaban J connectivity index is 1.57. The number of piperidine rings is 1. The van der Waals surface area contributed by atoms with Crippen LogP contribution in [0.4, 0.5) is 5.69 Å². The van der Waals surface area contributed by atoms with E-state index in [9.17, 15) is 4.79 Å². The number of likely N-dealkylation sites (tertiary alicyclic amines) is 1. The van der Waals surface area contributed by atoms with Crippen LogP contribution < -0.4 is 19.7 Å². The average molecular weight is 305 g/mol. The third-order valence-corrected chi connectivity index (χ3v) is 4.32. The molecule has 3 atom stereocenters. The van der Waals surface area contributed by atoms with Gasteiger partial charge in [0.1, 0.15) is 13.2 Å². The molecule has 22 heavy (non-hydrogen) atoms. The Labute approximate surface area is 131 Å². The van der Waals surface area contributed by atoms with E-state index in [1.54, 1.807) is 0 Å². The van der Waals surface area contributed by atoms with Gasteiger partial charge in [-0.15, -0.1) is 0 Å². The summed E-state index contributed by atoms with van der Waals surface area (Å²) in [5, 5.41) is 2.97. The summed E-state index contributed by atoms with van der Waals surface area (Å²) in [6.07, 6.45) is 1.27. The zero-order valence-electron chi connectivity index (χ0n) is 13.4. The van der Waals surface area contributed by atoms with Crippen molar-refractivity contribution < 1.29 is 19.2 Å². The number of nitrogens with one attached hydrogen (secondary N) is 2. The SMILES string of the molecule is C[C@@H]1C[C@H](C)C[NH+](CC(=O)Nc2ccc3c(c2)OCCO3)C1. The predicted molar refractivity (Wildman–Crippen MR) is 84.6 cm³/mol. The topological polar surface area (TPSA) is 52.0 Å². The summed E-state index contributed by atoms with van der Waals surface area (Å²) >= 11 is 0. The van der Waals surface area contributed by atoms with E-state index in [4.69, 9.17) is 9.47 Å². The molecule has 0 aliphatic carbocycles. The van der Waals surface area contributed by atoms with E-state index in [0.29, 0.717) is 37.3 Å². The number of amides is 1. The fourth-order valence-electron chi connectivity index (χ4n) is 3.62. The first-order valence-electron chi connectivity index (χ1n) is 8.13. The predicted octanol–water partition coefficient (Wildman–Crippen LogP) is 0.957. The lowest BCUT2D eigenvalue weighted by Crippen LogP contribution is -3.15. The number of carbonyl (C=O) groups is 1. The molecule has 0 radical (unpaired) electrons. The van der Waals surface area contributed by atoms with Gasteiger partial charge in [0, 0.05) is 23.6 Å². The minimum Gasteiger partial charge on any atom is -0.486 e. The van der Waals surface area contributed by atoms with E-state index in [-0.39, 0.29) is 5.91 Å². The lowest BCUT2D eigenvalue weighted by Gasteiger charge is -2.31. The second kappa shape index (κ2) is 6.57. The standard InChI is InChI=1S/C17H24N2O3/c1-12-7-13(2)10-19(9-12)11-17(20)18-14-3-4-15-16(8-14)22-6-5-21-15/h3-4,8,12-13H,5-7,9-11H2,1-2H3,(H,18,20)/p+1/t12-,13+. The second-order valence-corrected chi connectivity index (χ2v) is 6.69. The molecule has 120 valence electrons. The summed E-state index contributed by atoms with van der Waals surface area (Å²) in [5.74, 6) is 2.90. The van der Waals surface area contributed by atoms with Crippen molar-refractivity contribution in [3.05, 3.63) is 18.2 Å². The molecule has 1 aromatic rings. The Morgan fingerprint density at radius 2 is 1.86 bits per heavy atom. The minimum absolute atomic E-state index is 0.0629. The highest BCUT2D eigenvalue weighted by Gasteiger charge is 2.26. The van der Waals surface area contributed by atoms with Crippen molar-refractivity contribution in [1.29, 1.82) is 0 Å². The number of rotatable bonds is 3.